The van der Waals surface area contributed by atoms with Crippen LogP contribution in [0.1, 0.15) is 45.5 Å². The molecule has 0 unspecified atom stereocenters. The van der Waals surface area contributed by atoms with Crippen LogP contribution in [0, 0.1) is 0 Å². The SMILES string of the molecule is CCc1nc(-c2cccc(C(F)F)c2)c(N)n1C(C)(C)C. The van der Waals surface area contributed by atoms with E-state index in [4.69, 9.17) is 5.73 Å². The monoisotopic (exact) mass is 293 g/mol. The van der Waals surface area contributed by atoms with E-state index >= 15 is 0 Å². The first-order valence-electron chi connectivity index (χ1n) is 7.01. The van der Waals surface area contributed by atoms with Gasteiger partial charge >= 0.3 is 0 Å². The van der Waals surface area contributed by atoms with Gasteiger partial charge in [-0.3, -0.25) is 0 Å². The van der Waals surface area contributed by atoms with Crippen molar-refractivity contribution in [2.75, 3.05) is 5.73 Å². The number of rotatable bonds is 3. The molecule has 1 heterocycles. The van der Waals surface area contributed by atoms with Crippen molar-refractivity contribution in [1.29, 1.82) is 0 Å². The number of nitrogens with zero attached hydrogens (tertiary/aromatic N) is 2. The summed E-state index contributed by atoms with van der Waals surface area (Å²) in [6.07, 6.45) is -1.77. The summed E-state index contributed by atoms with van der Waals surface area (Å²) in [6.45, 7) is 8.14. The van der Waals surface area contributed by atoms with E-state index in [-0.39, 0.29) is 11.1 Å². The molecule has 0 aliphatic carbocycles. The van der Waals surface area contributed by atoms with E-state index in [9.17, 15) is 8.78 Å². The van der Waals surface area contributed by atoms with Gasteiger partial charge in [0.05, 0.1) is 0 Å². The van der Waals surface area contributed by atoms with Gasteiger partial charge in [-0.1, -0.05) is 25.1 Å². The number of alkyl halides is 2. The molecule has 0 atom stereocenters. The van der Waals surface area contributed by atoms with Crippen LogP contribution in [-0.4, -0.2) is 9.55 Å². The molecule has 5 heteroatoms. The summed E-state index contributed by atoms with van der Waals surface area (Å²) in [5.74, 6) is 1.38. The number of benzene rings is 1. The van der Waals surface area contributed by atoms with Crippen LogP contribution in [-0.2, 0) is 12.0 Å². The van der Waals surface area contributed by atoms with Crippen LogP contribution in [0.25, 0.3) is 11.3 Å². The van der Waals surface area contributed by atoms with E-state index < -0.39 is 6.43 Å². The fraction of sp³-hybridized carbons (Fsp3) is 0.438. The van der Waals surface area contributed by atoms with Crippen molar-refractivity contribution < 1.29 is 8.78 Å². The lowest BCUT2D eigenvalue weighted by Gasteiger charge is -2.24. The zero-order chi connectivity index (χ0) is 15.8. The van der Waals surface area contributed by atoms with Gasteiger partial charge in [0.1, 0.15) is 17.3 Å². The van der Waals surface area contributed by atoms with Crippen molar-refractivity contribution >= 4 is 5.82 Å². The lowest BCUT2D eigenvalue weighted by Crippen LogP contribution is -2.25. The molecule has 114 valence electrons. The molecule has 1 aromatic carbocycles. The molecule has 3 nitrogen and oxygen atoms in total. The second-order valence-corrected chi connectivity index (χ2v) is 6.05. The minimum Gasteiger partial charge on any atom is -0.383 e. The van der Waals surface area contributed by atoms with Crippen molar-refractivity contribution in [1.82, 2.24) is 9.55 Å². The fourth-order valence-electron chi connectivity index (χ4n) is 2.50. The molecule has 2 N–H and O–H groups in total. The number of imidazole rings is 1. The third kappa shape index (κ3) is 2.91. The Morgan fingerprint density at radius 2 is 1.95 bits per heavy atom. The maximum absolute atomic E-state index is 12.8. The van der Waals surface area contributed by atoms with Crippen LogP contribution in [0.3, 0.4) is 0 Å². The summed E-state index contributed by atoms with van der Waals surface area (Å²) in [5, 5.41) is 0. The molecule has 0 radical (unpaired) electrons. The molecule has 1 aromatic heterocycles. The topological polar surface area (TPSA) is 43.8 Å². The van der Waals surface area contributed by atoms with Gasteiger partial charge in [-0.05, 0) is 26.8 Å². The lowest BCUT2D eigenvalue weighted by atomic mass is 10.1. The highest BCUT2D eigenvalue weighted by Gasteiger charge is 2.24. The van der Waals surface area contributed by atoms with Gasteiger partial charge in [0.25, 0.3) is 6.43 Å². The van der Waals surface area contributed by atoms with Crippen molar-refractivity contribution in [3.05, 3.63) is 35.7 Å². The van der Waals surface area contributed by atoms with E-state index in [0.29, 0.717) is 17.1 Å². The molecule has 2 aromatic rings. The highest BCUT2D eigenvalue weighted by atomic mass is 19.3. The van der Waals surface area contributed by atoms with E-state index in [1.807, 2.05) is 32.3 Å². The number of nitrogens with two attached hydrogens (primary N) is 1. The number of aryl methyl sites for hydroxylation is 1. The largest absolute Gasteiger partial charge is 0.383 e. The molecule has 0 fully saturated rings. The van der Waals surface area contributed by atoms with Gasteiger partial charge in [-0.15, -0.1) is 0 Å². The number of aromatic nitrogens is 2. The quantitative estimate of drug-likeness (QED) is 0.912. The summed E-state index contributed by atoms with van der Waals surface area (Å²) < 4.78 is 27.7. The van der Waals surface area contributed by atoms with Gasteiger partial charge in [0.15, 0.2) is 0 Å². The van der Waals surface area contributed by atoms with E-state index in [0.717, 1.165) is 12.2 Å². The fourth-order valence-corrected chi connectivity index (χ4v) is 2.50. The average Bonchev–Trinajstić information content (AvgIpc) is 2.75. The van der Waals surface area contributed by atoms with Crippen molar-refractivity contribution in [3.8, 4) is 11.3 Å². The summed E-state index contributed by atoms with van der Waals surface area (Å²) in [7, 11) is 0. The van der Waals surface area contributed by atoms with E-state index in [1.165, 1.54) is 12.1 Å². The Labute approximate surface area is 123 Å². The average molecular weight is 293 g/mol. The molecule has 0 amide bonds. The normalized spacial score (nSPS) is 12.1. The van der Waals surface area contributed by atoms with Gasteiger partial charge in [0.2, 0.25) is 0 Å². The van der Waals surface area contributed by atoms with E-state index in [2.05, 4.69) is 4.98 Å². The van der Waals surface area contributed by atoms with Crippen LogP contribution in [0.15, 0.2) is 24.3 Å². The minimum absolute atomic E-state index is 0.0183. The highest BCUT2D eigenvalue weighted by Crippen LogP contribution is 2.33. The lowest BCUT2D eigenvalue weighted by molar-refractivity contribution is 0.151. The predicted octanol–water partition coefficient (Wildman–Crippen LogP) is 4.39. The van der Waals surface area contributed by atoms with Crippen LogP contribution in [0.5, 0.6) is 0 Å². The van der Waals surface area contributed by atoms with Gasteiger partial charge < -0.3 is 10.3 Å². The molecule has 0 saturated carbocycles. The first-order valence-corrected chi connectivity index (χ1v) is 7.01. The smallest absolute Gasteiger partial charge is 0.263 e. The summed E-state index contributed by atoms with van der Waals surface area (Å²) in [5.41, 5.74) is 7.21. The maximum atomic E-state index is 12.8. The minimum atomic E-state index is -2.50. The molecule has 0 saturated heterocycles. The second kappa shape index (κ2) is 5.47. The molecular weight excluding hydrogens is 272 g/mol. The first-order chi connectivity index (χ1) is 9.75. The Hall–Kier alpha value is -1.91. The molecule has 21 heavy (non-hydrogen) atoms. The molecular formula is C16H21F2N3. The zero-order valence-corrected chi connectivity index (χ0v) is 12.8. The highest BCUT2D eigenvalue weighted by molar-refractivity contribution is 5.71. The van der Waals surface area contributed by atoms with Gasteiger partial charge in [-0.25, -0.2) is 13.8 Å². The van der Waals surface area contributed by atoms with Gasteiger partial charge in [0, 0.05) is 23.1 Å². The Morgan fingerprint density at radius 1 is 1.29 bits per heavy atom. The number of hydrogen-bond donors (Lipinski definition) is 1. The number of nitrogen functional groups attached to an aromatic ring is 1. The molecule has 0 spiro atoms. The van der Waals surface area contributed by atoms with E-state index in [1.54, 1.807) is 12.1 Å². The molecule has 0 aliphatic rings. The molecule has 0 aliphatic heterocycles. The number of halogens is 2. The van der Waals surface area contributed by atoms with Crippen LogP contribution < -0.4 is 5.73 Å². The standard InChI is InChI=1S/C16H21F2N3/c1-5-12-20-13(15(19)21(12)16(2,3)4)10-7-6-8-11(9-10)14(17)18/h6-9,14H,5,19H2,1-4H3. The first kappa shape index (κ1) is 15.5. The van der Waals surface area contributed by atoms with Crippen molar-refractivity contribution in [2.24, 2.45) is 0 Å². The Kier molecular flexibility index (Phi) is 4.03. The predicted molar refractivity (Wildman–Crippen MR) is 81.4 cm³/mol. The second-order valence-electron chi connectivity index (χ2n) is 6.05. The zero-order valence-electron chi connectivity index (χ0n) is 12.8. The summed E-state index contributed by atoms with van der Waals surface area (Å²) in [6, 6.07) is 6.23. The molecule has 0 bridgehead atoms. The molecule has 2 rings (SSSR count). The van der Waals surface area contributed by atoms with Crippen molar-refractivity contribution in [3.63, 3.8) is 0 Å². The summed E-state index contributed by atoms with van der Waals surface area (Å²) >= 11 is 0. The number of hydrogen-bond acceptors (Lipinski definition) is 2. The maximum Gasteiger partial charge on any atom is 0.263 e. The number of anilines is 1. The Bertz CT molecular complexity index is 639. The van der Waals surface area contributed by atoms with Crippen LogP contribution in [0.4, 0.5) is 14.6 Å². The van der Waals surface area contributed by atoms with Crippen LogP contribution in [0.2, 0.25) is 0 Å². The van der Waals surface area contributed by atoms with Crippen LogP contribution >= 0.6 is 0 Å². The third-order valence-electron chi connectivity index (χ3n) is 3.38. The Morgan fingerprint density at radius 3 is 2.43 bits per heavy atom. The summed E-state index contributed by atoms with van der Waals surface area (Å²) in [4.78, 5) is 4.56. The Balaban J connectivity index is 2.60. The van der Waals surface area contributed by atoms with Gasteiger partial charge in [-0.2, -0.15) is 0 Å². The third-order valence-corrected chi connectivity index (χ3v) is 3.38. The van der Waals surface area contributed by atoms with Crippen molar-refractivity contribution in [2.45, 2.75) is 46.1 Å².